The smallest absolute Gasteiger partial charge is 0.261 e. The first-order chi connectivity index (χ1) is 9.75. The summed E-state index contributed by atoms with van der Waals surface area (Å²) in [5.74, 6) is 0.544. The molecule has 2 aromatic rings. The molecule has 106 valence electrons. The Labute approximate surface area is 118 Å². The van der Waals surface area contributed by atoms with Gasteiger partial charge in [-0.2, -0.15) is 0 Å². The van der Waals surface area contributed by atoms with E-state index in [1.54, 1.807) is 10.9 Å². The Bertz CT molecular complexity index is 643. The number of aromatic nitrogens is 2. The van der Waals surface area contributed by atoms with Gasteiger partial charge >= 0.3 is 0 Å². The van der Waals surface area contributed by atoms with Crippen molar-refractivity contribution in [1.82, 2.24) is 9.55 Å². The van der Waals surface area contributed by atoms with Crippen molar-refractivity contribution in [3.63, 3.8) is 0 Å². The average molecular weight is 271 g/mol. The Morgan fingerprint density at radius 1 is 1.25 bits per heavy atom. The molecule has 0 aliphatic heterocycles. The van der Waals surface area contributed by atoms with Crippen molar-refractivity contribution < 1.29 is 0 Å². The quantitative estimate of drug-likeness (QED) is 0.931. The molecule has 1 fully saturated rings. The number of nitrogens with two attached hydrogens (primary N) is 1. The highest BCUT2D eigenvalue weighted by Crippen LogP contribution is 2.26. The molecule has 0 radical (unpaired) electrons. The maximum atomic E-state index is 12.4. The van der Waals surface area contributed by atoms with Gasteiger partial charge in [-0.05, 0) is 30.9 Å². The summed E-state index contributed by atoms with van der Waals surface area (Å²) in [6.07, 6.45) is 7.87. The van der Waals surface area contributed by atoms with E-state index in [9.17, 15) is 4.79 Å². The minimum atomic E-state index is 0.0156. The normalized spacial score (nSPS) is 18.2. The van der Waals surface area contributed by atoms with Gasteiger partial charge in [0.1, 0.15) is 0 Å². The van der Waals surface area contributed by atoms with Gasteiger partial charge in [0.05, 0.1) is 17.2 Å². The first-order valence-corrected chi connectivity index (χ1v) is 7.45. The van der Waals surface area contributed by atoms with Crippen molar-refractivity contribution in [3.05, 3.63) is 40.9 Å². The second-order valence-corrected chi connectivity index (χ2v) is 5.78. The van der Waals surface area contributed by atoms with E-state index < -0.39 is 0 Å². The lowest BCUT2D eigenvalue weighted by Gasteiger charge is -2.27. The van der Waals surface area contributed by atoms with Gasteiger partial charge in [0.15, 0.2) is 0 Å². The van der Waals surface area contributed by atoms with Gasteiger partial charge in [-0.1, -0.05) is 31.4 Å². The minimum absolute atomic E-state index is 0.0156. The standard InChI is InChI=1S/C16H21N3O/c17-14(12-6-2-1-3-7-12)10-19-11-18-15-9-5-4-8-13(15)16(19)20/h4-5,8-9,11-12,14H,1-3,6-7,10,17H2. The predicted molar refractivity (Wildman–Crippen MR) is 80.6 cm³/mol. The van der Waals surface area contributed by atoms with Gasteiger partial charge in [-0.15, -0.1) is 0 Å². The van der Waals surface area contributed by atoms with Crippen molar-refractivity contribution >= 4 is 10.9 Å². The molecular weight excluding hydrogens is 250 g/mol. The third-order valence-corrected chi connectivity index (χ3v) is 4.39. The zero-order valence-electron chi connectivity index (χ0n) is 11.7. The van der Waals surface area contributed by atoms with E-state index in [1.165, 1.54) is 32.1 Å². The highest BCUT2D eigenvalue weighted by atomic mass is 16.1. The lowest BCUT2D eigenvalue weighted by atomic mass is 9.84. The van der Waals surface area contributed by atoms with Crippen LogP contribution in [0.1, 0.15) is 32.1 Å². The maximum Gasteiger partial charge on any atom is 0.261 e. The lowest BCUT2D eigenvalue weighted by Crippen LogP contribution is -2.38. The summed E-state index contributed by atoms with van der Waals surface area (Å²) < 4.78 is 1.67. The molecule has 0 bridgehead atoms. The van der Waals surface area contributed by atoms with Crippen molar-refractivity contribution in [2.75, 3.05) is 0 Å². The van der Waals surface area contributed by atoms with E-state index in [4.69, 9.17) is 5.73 Å². The van der Waals surface area contributed by atoms with Crippen LogP contribution in [-0.2, 0) is 6.54 Å². The van der Waals surface area contributed by atoms with Crippen LogP contribution in [0.5, 0.6) is 0 Å². The highest BCUT2D eigenvalue weighted by molar-refractivity contribution is 5.76. The molecule has 1 aromatic carbocycles. The number of benzene rings is 1. The summed E-state index contributed by atoms with van der Waals surface area (Å²) in [4.78, 5) is 16.8. The highest BCUT2D eigenvalue weighted by Gasteiger charge is 2.21. The van der Waals surface area contributed by atoms with Crippen LogP contribution in [0.3, 0.4) is 0 Å². The van der Waals surface area contributed by atoms with Crippen molar-refractivity contribution in [1.29, 1.82) is 0 Å². The molecule has 1 atom stereocenters. The van der Waals surface area contributed by atoms with E-state index in [-0.39, 0.29) is 11.6 Å². The first-order valence-electron chi connectivity index (χ1n) is 7.45. The predicted octanol–water partition coefficient (Wildman–Crippen LogP) is 2.30. The molecule has 2 N–H and O–H groups in total. The van der Waals surface area contributed by atoms with E-state index in [0.29, 0.717) is 17.8 Å². The fraction of sp³-hybridized carbons (Fsp3) is 0.500. The Kier molecular flexibility index (Phi) is 3.83. The Morgan fingerprint density at radius 2 is 2.00 bits per heavy atom. The zero-order valence-corrected chi connectivity index (χ0v) is 11.7. The van der Waals surface area contributed by atoms with E-state index >= 15 is 0 Å². The molecule has 1 unspecified atom stereocenters. The van der Waals surface area contributed by atoms with Crippen LogP contribution in [-0.4, -0.2) is 15.6 Å². The summed E-state index contributed by atoms with van der Waals surface area (Å²) in [6, 6.07) is 7.51. The summed E-state index contributed by atoms with van der Waals surface area (Å²) >= 11 is 0. The molecule has 1 aliphatic rings. The molecule has 4 nitrogen and oxygen atoms in total. The molecule has 0 spiro atoms. The van der Waals surface area contributed by atoms with Gasteiger partial charge in [-0.3, -0.25) is 9.36 Å². The minimum Gasteiger partial charge on any atom is -0.326 e. The molecule has 0 amide bonds. The van der Waals surface area contributed by atoms with Crippen molar-refractivity contribution in [2.45, 2.75) is 44.7 Å². The average Bonchev–Trinajstić information content (AvgIpc) is 2.51. The number of para-hydroxylation sites is 1. The molecule has 4 heteroatoms. The molecule has 3 rings (SSSR count). The number of fused-ring (bicyclic) bond motifs is 1. The summed E-state index contributed by atoms with van der Waals surface area (Å²) in [7, 11) is 0. The van der Waals surface area contributed by atoms with Crippen LogP contribution >= 0.6 is 0 Å². The van der Waals surface area contributed by atoms with Crippen LogP contribution < -0.4 is 11.3 Å². The summed E-state index contributed by atoms with van der Waals surface area (Å²) in [5, 5.41) is 0.672. The van der Waals surface area contributed by atoms with Gasteiger partial charge in [0.2, 0.25) is 0 Å². The molecular formula is C16H21N3O. The number of nitrogens with zero attached hydrogens (tertiary/aromatic N) is 2. The van der Waals surface area contributed by atoms with Gasteiger partial charge in [-0.25, -0.2) is 4.98 Å². The third kappa shape index (κ3) is 2.61. The number of hydrogen-bond acceptors (Lipinski definition) is 3. The number of hydrogen-bond donors (Lipinski definition) is 1. The Hall–Kier alpha value is -1.68. The largest absolute Gasteiger partial charge is 0.326 e. The molecule has 1 saturated carbocycles. The van der Waals surface area contributed by atoms with Crippen molar-refractivity contribution in [3.8, 4) is 0 Å². The van der Waals surface area contributed by atoms with Gasteiger partial charge < -0.3 is 5.73 Å². The Morgan fingerprint density at radius 3 is 2.80 bits per heavy atom. The van der Waals surface area contributed by atoms with Gasteiger partial charge in [0.25, 0.3) is 5.56 Å². The zero-order chi connectivity index (χ0) is 13.9. The van der Waals surface area contributed by atoms with E-state index in [2.05, 4.69) is 4.98 Å². The van der Waals surface area contributed by atoms with E-state index in [0.717, 1.165) is 5.52 Å². The SMILES string of the molecule is NC(Cn1cnc2ccccc2c1=O)C1CCCCC1. The fourth-order valence-corrected chi connectivity index (χ4v) is 3.17. The van der Waals surface area contributed by atoms with Crippen LogP contribution in [0.2, 0.25) is 0 Å². The van der Waals surface area contributed by atoms with Crippen LogP contribution in [0, 0.1) is 5.92 Å². The van der Waals surface area contributed by atoms with Crippen LogP contribution in [0.25, 0.3) is 10.9 Å². The van der Waals surface area contributed by atoms with Crippen molar-refractivity contribution in [2.24, 2.45) is 11.7 Å². The molecule has 0 saturated heterocycles. The van der Waals surface area contributed by atoms with Crippen LogP contribution in [0.4, 0.5) is 0 Å². The lowest BCUT2D eigenvalue weighted by molar-refractivity contribution is 0.283. The fourth-order valence-electron chi connectivity index (χ4n) is 3.17. The topological polar surface area (TPSA) is 60.9 Å². The third-order valence-electron chi connectivity index (χ3n) is 4.39. The van der Waals surface area contributed by atoms with Crippen LogP contribution in [0.15, 0.2) is 35.4 Å². The second-order valence-electron chi connectivity index (χ2n) is 5.78. The summed E-state index contributed by atoms with van der Waals surface area (Å²) in [5.41, 5.74) is 7.07. The first kappa shape index (κ1) is 13.3. The maximum absolute atomic E-state index is 12.4. The number of rotatable bonds is 3. The molecule has 1 heterocycles. The summed E-state index contributed by atoms with van der Waals surface area (Å²) in [6.45, 7) is 0.571. The van der Waals surface area contributed by atoms with E-state index in [1.807, 2.05) is 24.3 Å². The second kappa shape index (κ2) is 5.75. The molecule has 1 aliphatic carbocycles. The monoisotopic (exact) mass is 271 g/mol. The van der Waals surface area contributed by atoms with Gasteiger partial charge in [0, 0.05) is 12.6 Å². The molecule has 20 heavy (non-hydrogen) atoms. The molecule has 1 aromatic heterocycles. The Balaban J connectivity index is 1.83.